The van der Waals surface area contributed by atoms with Crippen LogP contribution >= 0.6 is 0 Å². The van der Waals surface area contributed by atoms with Crippen molar-refractivity contribution in [2.24, 2.45) is 0 Å². The Morgan fingerprint density at radius 1 is 1.24 bits per heavy atom. The van der Waals surface area contributed by atoms with Crippen LogP contribution in [0.3, 0.4) is 0 Å². The molecule has 0 atom stereocenters. The molecule has 1 N–H and O–H groups in total. The first-order valence-electron chi connectivity index (χ1n) is 6.73. The van der Waals surface area contributed by atoms with Crippen molar-refractivity contribution in [3.63, 3.8) is 0 Å². The Morgan fingerprint density at radius 3 is 2.82 bits per heavy atom. The largest absolute Gasteiger partial charge is 0.341 e. The quantitative estimate of drug-likeness (QED) is 0.834. The minimum atomic E-state index is 0.908. The van der Waals surface area contributed by atoms with Crippen molar-refractivity contribution in [3.05, 3.63) is 17.0 Å². The van der Waals surface area contributed by atoms with E-state index >= 15 is 0 Å². The summed E-state index contributed by atoms with van der Waals surface area (Å²) < 4.78 is 0. The number of fused-ring (bicyclic) bond motifs is 1. The first-order valence-corrected chi connectivity index (χ1v) is 6.73. The second kappa shape index (κ2) is 4.61. The maximum atomic E-state index is 4.77. The average molecular weight is 232 g/mol. The lowest BCUT2D eigenvalue weighted by Crippen LogP contribution is -2.29. The summed E-state index contributed by atoms with van der Waals surface area (Å²) in [5.41, 5.74) is 3.89. The number of rotatable bonds is 2. The van der Waals surface area contributed by atoms with Crippen LogP contribution in [0.1, 0.15) is 36.7 Å². The number of aryl methyl sites for hydroxylation is 1. The highest BCUT2D eigenvalue weighted by Gasteiger charge is 2.20. The van der Waals surface area contributed by atoms with E-state index in [1.54, 1.807) is 0 Å². The van der Waals surface area contributed by atoms with Gasteiger partial charge in [0.15, 0.2) is 0 Å². The molecule has 4 nitrogen and oxygen atoms in total. The number of anilines is 1. The Kier molecular flexibility index (Phi) is 2.97. The highest BCUT2D eigenvalue weighted by molar-refractivity contribution is 5.39. The molecule has 1 saturated heterocycles. The highest BCUT2D eigenvalue weighted by atomic mass is 15.3. The Bertz CT molecular complexity index is 393. The molecule has 2 aliphatic rings. The number of hydrogen-bond donors (Lipinski definition) is 1. The molecule has 0 bridgehead atoms. The van der Waals surface area contributed by atoms with E-state index in [0.29, 0.717) is 0 Å². The Morgan fingerprint density at radius 2 is 2.06 bits per heavy atom. The zero-order valence-electron chi connectivity index (χ0n) is 10.5. The first kappa shape index (κ1) is 11.0. The summed E-state index contributed by atoms with van der Waals surface area (Å²) in [6.07, 6.45) is 4.66. The van der Waals surface area contributed by atoms with Crippen LogP contribution in [0.5, 0.6) is 0 Å². The van der Waals surface area contributed by atoms with Gasteiger partial charge in [-0.25, -0.2) is 9.97 Å². The summed E-state index contributed by atoms with van der Waals surface area (Å²) in [5.74, 6) is 0.960. The van der Waals surface area contributed by atoms with E-state index in [2.05, 4.69) is 17.1 Å². The van der Waals surface area contributed by atoms with Crippen molar-refractivity contribution in [1.29, 1.82) is 0 Å². The minimum absolute atomic E-state index is 0.908. The molecule has 92 valence electrons. The Hall–Kier alpha value is -1.16. The van der Waals surface area contributed by atoms with Gasteiger partial charge in [0, 0.05) is 25.3 Å². The van der Waals surface area contributed by atoms with E-state index in [9.17, 15) is 0 Å². The maximum Gasteiger partial charge on any atom is 0.225 e. The molecule has 3 rings (SSSR count). The predicted molar refractivity (Wildman–Crippen MR) is 68.3 cm³/mol. The number of hydrogen-bond acceptors (Lipinski definition) is 4. The van der Waals surface area contributed by atoms with Gasteiger partial charge in [0.1, 0.15) is 0 Å². The van der Waals surface area contributed by atoms with Crippen LogP contribution in [-0.4, -0.2) is 29.6 Å². The fourth-order valence-electron chi connectivity index (χ4n) is 2.77. The first-order chi connectivity index (χ1) is 8.38. The molecule has 3 heterocycles. The molecular weight excluding hydrogens is 212 g/mol. The van der Waals surface area contributed by atoms with Gasteiger partial charge in [-0.05, 0) is 37.8 Å². The summed E-state index contributed by atoms with van der Waals surface area (Å²) in [6.45, 7) is 6.40. The molecule has 0 aromatic carbocycles. The predicted octanol–water partition coefficient (Wildman–Crippen LogP) is 1.28. The molecular formula is C13H20N4. The van der Waals surface area contributed by atoms with Crippen molar-refractivity contribution in [3.8, 4) is 0 Å². The Labute approximate surface area is 102 Å². The monoisotopic (exact) mass is 232 g/mol. The van der Waals surface area contributed by atoms with Gasteiger partial charge in [0.05, 0.1) is 5.69 Å². The summed E-state index contributed by atoms with van der Waals surface area (Å²) in [6, 6.07) is 0. The van der Waals surface area contributed by atoms with Crippen molar-refractivity contribution in [1.82, 2.24) is 15.3 Å². The fraction of sp³-hybridized carbons (Fsp3) is 0.692. The van der Waals surface area contributed by atoms with E-state index in [-0.39, 0.29) is 0 Å². The Balaban J connectivity index is 1.99. The lowest BCUT2D eigenvalue weighted by Gasteiger charge is -2.23. The number of nitrogens with one attached hydrogen (secondary N) is 1. The molecule has 4 heteroatoms. The zero-order valence-corrected chi connectivity index (χ0v) is 10.5. The third-order valence-corrected chi connectivity index (χ3v) is 3.73. The van der Waals surface area contributed by atoms with Gasteiger partial charge in [-0.1, -0.05) is 6.92 Å². The van der Waals surface area contributed by atoms with Crippen molar-refractivity contribution in [2.75, 3.05) is 24.5 Å². The van der Waals surface area contributed by atoms with Gasteiger partial charge in [-0.3, -0.25) is 0 Å². The molecule has 17 heavy (non-hydrogen) atoms. The molecule has 2 aliphatic heterocycles. The van der Waals surface area contributed by atoms with Crippen LogP contribution in [-0.2, 0) is 19.4 Å². The van der Waals surface area contributed by atoms with Gasteiger partial charge in [-0.15, -0.1) is 0 Å². The van der Waals surface area contributed by atoms with E-state index in [4.69, 9.17) is 9.97 Å². The standard InChI is InChI=1S/C13H20N4/c1-2-11-10-5-6-14-9-12(10)16-13(15-11)17-7-3-4-8-17/h14H,2-9H2,1H3. The lowest BCUT2D eigenvalue weighted by atomic mass is 10.0. The van der Waals surface area contributed by atoms with Crippen LogP contribution in [0, 0.1) is 0 Å². The third-order valence-electron chi connectivity index (χ3n) is 3.73. The van der Waals surface area contributed by atoms with Crippen LogP contribution in [0.25, 0.3) is 0 Å². The highest BCUT2D eigenvalue weighted by Crippen LogP contribution is 2.22. The molecule has 0 amide bonds. The third kappa shape index (κ3) is 2.02. The van der Waals surface area contributed by atoms with Crippen LogP contribution in [0.4, 0.5) is 5.95 Å². The van der Waals surface area contributed by atoms with Crippen molar-refractivity contribution in [2.45, 2.75) is 39.2 Å². The smallest absolute Gasteiger partial charge is 0.225 e. The molecule has 0 spiro atoms. The molecule has 1 aromatic rings. The van der Waals surface area contributed by atoms with E-state index in [0.717, 1.165) is 45.0 Å². The van der Waals surface area contributed by atoms with Crippen molar-refractivity contribution >= 4 is 5.95 Å². The normalized spacial score (nSPS) is 19.5. The summed E-state index contributed by atoms with van der Waals surface area (Å²) in [5, 5.41) is 3.40. The number of nitrogens with zero attached hydrogens (tertiary/aromatic N) is 3. The topological polar surface area (TPSA) is 41.1 Å². The average Bonchev–Trinajstić information content (AvgIpc) is 2.91. The van der Waals surface area contributed by atoms with Gasteiger partial charge >= 0.3 is 0 Å². The second-order valence-corrected chi connectivity index (χ2v) is 4.87. The fourth-order valence-corrected chi connectivity index (χ4v) is 2.77. The van der Waals surface area contributed by atoms with Gasteiger partial charge in [0.25, 0.3) is 0 Å². The molecule has 0 unspecified atom stereocenters. The molecule has 1 fully saturated rings. The van der Waals surface area contributed by atoms with Gasteiger partial charge in [0.2, 0.25) is 5.95 Å². The summed E-state index contributed by atoms with van der Waals surface area (Å²) in [4.78, 5) is 11.9. The minimum Gasteiger partial charge on any atom is -0.341 e. The van der Waals surface area contributed by atoms with Crippen LogP contribution in [0.15, 0.2) is 0 Å². The van der Waals surface area contributed by atoms with Crippen molar-refractivity contribution < 1.29 is 0 Å². The van der Waals surface area contributed by atoms with Gasteiger partial charge in [-0.2, -0.15) is 0 Å². The zero-order chi connectivity index (χ0) is 11.7. The maximum absolute atomic E-state index is 4.77. The van der Waals surface area contributed by atoms with Crippen LogP contribution in [0.2, 0.25) is 0 Å². The van der Waals surface area contributed by atoms with Crippen LogP contribution < -0.4 is 10.2 Å². The van der Waals surface area contributed by atoms with E-state index in [1.165, 1.54) is 29.8 Å². The number of aromatic nitrogens is 2. The van der Waals surface area contributed by atoms with E-state index < -0.39 is 0 Å². The summed E-state index contributed by atoms with van der Waals surface area (Å²) in [7, 11) is 0. The lowest BCUT2D eigenvalue weighted by molar-refractivity contribution is 0.614. The van der Waals surface area contributed by atoms with Gasteiger partial charge < -0.3 is 10.2 Å². The second-order valence-electron chi connectivity index (χ2n) is 4.87. The molecule has 0 aliphatic carbocycles. The molecule has 0 radical (unpaired) electrons. The summed E-state index contributed by atoms with van der Waals surface area (Å²) >= 11 is 0. The van der Waals surface area contributed by atoms with E-state index in [1.807, 2.05) is 0 Å². The SMILES string of the molecule is CCc1nc(N2CCCC2)nc2c1CCNC2. The molecule has 0 saturated carbocycles. The molecule has 1 aromatic heterocycles.